The molecule has 1 heterocycles. The van der Waals surface area contributed by atoms with E-state index in [1.807, 2.05) is 49.4 Å². The van der Waals surface area contributed by atoms with Crippen molar-refractivity contribution in [3.8, 4) is 0 Å². The molecule has 5 heteroatoms. The Hall–Kier alpha value is -2.92. The summed E-state index contributed by atoms with van der Waals surface area (Å²) in [5, 5.41) is 3.02. The van der Waals surface area contributed by atoms with Crippen molar-refractivity contribution in [1.29, 1.82) is 0 Å². The summed E-state index contributed by atoms with van der Waals surface area (Å²) in [6, 6.07) is 24.3. The second-order valence-corrected chi connectivity index (χ2v) is 8.38. The zero-order valence-electron chi connectivity index (χ0n) is 16.9. The smallest absolute Gasteiger partial charge is 0.251 e. The lowest BCUT2D eigenvalue weighted by Gasteiger charge is -2.10. The molecule has 4 aromatic rings. The number of aromatic nitrogens is 2. The van der Waals surface area contributed by atoms with E-state index in [0.717, 1.165) is 46.3 Å². The zero-order valence-corrected chi connectivity index (χ0v) is 18.5. The van der Waals surface area contributed by atoms with Crippen LogP contribution in [-0.4, -0.2) is 22.0 Å². The minimum absolute atomic E-state index is 0.0265. The molecule has 1 aromatic heterocycles. The number of benzene rings is 3. The van der Waals surface area contributed by atoms with Gasteiger partial charge in [-0.25, -0.2) is 4.98 Å². The predicted octanol–water partition coefficient (Wildman–Crippen LogP) is 5.52. The molecule has 0 fully saturated rings. The Labute approximate surface area is 185 Å². The van der Waals surface area contributed by atoms with Crippen LogP contribution < -0.4 is 5.32 Å². The van der Waals surface area contributed by atoms with Crippen molar-refractivity contribution in [2.45, 2.75) is 26.3 Å². The highest BCUT2D eigenvalue weighted by molar-refractivity contribution is 9.10. The van der Waals surface area contributed by atoms with Gasteiger partial charge in [-0.2, -0.15) is 0 Å². The molecule has 0 bridgehead atoms. The van der Waals surface area contributed by atoms with Gasteiger partial charge in [0.2, 0.25) is 0 Å². The lowest BCUT2D eigenvalue weighted by Crippen LogP contribution is -2.25. The number of fused-ring (bicyclic) bond motifs is 1. The number of hydrogen-bond donors (Lipinski definition) is 1. The minimum atomic E-state index is -0.0265. The van der Waals surface area contributed by atoms with Crippen LogP contribution in [0.1, 0.15) is 33.7 Å². The second kappa shape index (κ2) is 9.26. The van der Waals surface area contributed by atoms with Crippen LogP contribution >= 0.6 is 15.9 Å². The Balaban J connectivity index is 1.45. The largest absolute Gasteiger partial charge is 0.352 e. The fourth-order valence-corrected chi connectivity index (χ4v) is 4.09. The van der Waals surface area contributed by atoms with E-state index in [0.29, 0.717) is 12.1 Å². The third-order valence-electron chi connectivity index (χ3n) is 5.11. The molecule has 4 nitrogen and oxygen atoms in total. The first-order valence-electron chi connectivity index (χ1n) is 10.1. The summed E-state index contributed by atoms with van der Waals surface area (Å²) in [5.74, 6) is 1.02. The van der Waals surface area contributed by atoms with E-state index >= 15 is 0 Å². The number of nitrogens with one attached hydrogen (secondary N) is 1. The van der Waals surface area contributed by atoms with Crippen molar-refractivity contribution in [2.75, 3.05) is 6.54 Å². The second-order valence-electron chi connectivity index (χ2n) is 7.46. The van der Waals surface area contributed by atoms with Gasteiger partial charge in [0.05, 0.1) is 11.0 Å². The Morgan fingerprint density at radius 2 is 1.87 bits per heavy atom. The van der Waals surface area contributed by atoms with Crippen LogP contribution in [-0.2, 0) is 13.0 Å². The van der Waals surface area contributed by atoms with Crippen molar-refractivity contribution in [2.24, 2.45) is 0 Å². The Morgan fingerprint density at radius 3 is 2.70 bits per heavy atom. The topological polar surface area (TPSA) is 46.9 Å². The zero-order chi connectivity index (χ0) is 20.9. The Bertz CT molecular complexity index is 1180. The average molecular weight is 462 g/mol. The van der Waals surface area contributed by atoms with E-state index in [1.54, 1.807) is 0 Å². The van der Waals surface area contributed by atoms with Crippen LogP contribution in [0.15, 0.2) is 77.3 Å². The van der Waals surface area contributed by atoms with Gasteiger partial charge in [0.1, 0.15) is 5.82 Å². The first-order valence-corrected chi connectivity index (χ1v) is 10.9. The van der Waals surface area contributed by atoms with Gasteiger partial charge in [-0.15, -0.1) is 0 Å². The van der Waals surface area contributed by atoms with Crippen molar-refractivity contribution in [1.82, 2.24) is 14.9 Å². The molecule has 0 radical (unpaired) electrons. The maximum Gasteiger partial charge on any atom is 0.251 e. The van der Waals surface area contributed by atoms with Gasteiger partial charge in [0.15, 0.2) is 0 Å². The molecule has 0 atom stereocenters. The predicted molar refractivity (Wildman–Crippen MR) is 125 cm³/mol. The fraction of sp³-hybridized carbons (Fsp3) is 0.200. The molecule has 0 spiro atoms. The van der Waals surface area contributed by atoms with Crippen LogP contribution in [0.2, 0.25) is 0 Å². The first kappa shape index (κ1) is 20.4. The molecule has 0 saturated carbocycles. The van der Waals surface area contributed by atoms with Crippen LogP contribution in [0.3, 0.4) is 0 Å². The number of para-hydroxylation sites is 2. The number of rotatable bonds is 7. The van der Waals surface area contributed by atoms with Gasteiger partial charge in [-0.05, 0) is 55.3 Å². The quantitative estimate of drug-likeness (QED) is 0.368. The van der Waals surface area contributed by atoms with Crippen molar-refractivity contribution in [3.05, 3.63) is 99.8 Å². The number of carbonyl (C=O) groups is 1. The SMILES string of the molecule is Cc1cccc(C(=O)NCCCc2nc3ccccc3n2Cc2cccc(Br)c2)c1. The average Bonchev–Trinajstić information content (AvgIpc) is 3.08. The third kappa shape index (κ3) is 4.79. The molecule has 0 saturated heterocycles. The molecule has 1 amide bonds. The maximum absolute atomic E-state index is 12.4. The molecule has 1 N–H and O–H groups in total. The van der Waals surface area contributed by atoms with Crippen LogP contribution in [0, 0.1) is 6.92 Å². The van der Waals surface area contributed by atoms with E-state index in [2.05, 4.69) is 56.1 Å². The summed E-state index contributed by atoms with van der Waals surface area (Å²) in [6.45, 7) is 3.38. The molecule has 0 aliphatic carbocycles. The van der Waals surface area contributed by atoms with Gasteiger partial charge < -0.3 is 9.88 Å². The van der Waals surface area contributed by atoms with Crippen LogP contribution in [0.4, 0.5) is 0 Å². The van der Waals surface area contributed by atoms with Gasteiger partial charge in [-0.1, -0.05) is 57.9 Å². The van der Waals surface area contributed by atoms with Gasteiger partial charge in [0.25, 0.3) is 5.91 Å². The number of halogens is 1. The summed E-state index contributed by atoms with van der Waals surface area (Å²) < 4.78 is 3.35. The molecule has 0 aliphatic heterocycles. The summed E-state index contributed by atoms with van der Waals surface area (Å²) in [5.41, 5.74) is 5.16. The van der Waals surface area contributed by atoms with E-state index in [-0.39, 0.29) is 5.91 Å². The fourth-order valence-electron chi connectivity index (χ4n) is 3.65. The van der Waals surface area contributed by atoms with E-state index in [1.165, 1.54) is 5.56 Å². The molecular formula is C25H24BrN3O. The van der Waals surface area contributed by atoms with Crippen LogP contribution in [0.25, 0.3) is 11.0 Å². The number of imidazole rings is 1. The molecule has 152 valence electrons. The van der Waals surface area contributed by atoms with Gasteiger partial charge >= 0.3 is 0 Å². The van der Waals surface area contributed by atoms with Crippen molar-refractivity contribution >= 4 is 32.9 Å². The van der Waals surface area contributed by atoms with Crippen molar-refractivity contribution < 1.29 is 4.79 Å². The number of nitrogens with zero attached hydrogens (tertiary/aromatic N) is 2. The number of amides is 1. The van der Waals surface area contributed by atoms with Crippen molar-refractivity contribution in [3.63, 3.8) is 0 Å². The summed E-state index contributed by atoms with van der Waals surface area (Å²) >= 11 is 3.56. The number of aryl methyl sites for hydroxylation is 2. The molecule has 0 unspecified atom stereocenters. The van der Waals surface area contributed by atoms with E-state index in [9.17, 15) is 4.79 Å². The normalized spacial score (nSPS) is 11.0. The van der Waals surface area contributed by atoms with E-state index < -0.39 is 0 Å². The summed E-state index contributed by atoms with van der Waals surface area (Å²) in [4.78, 5) is 17.2. The highest BCUT2D eigenvalue weighted by atomic mass is 79.9. The lowest BCUT2D eigenvalue weighted by atomic mass is 10.1. The molecular weight excluding hydrogens is 438 g/mol. The number of carbonyl (C=O) groups excluding carboxylic acids is 1. The standard InChI is InChI=1S/C25H24BrN3O/c1-18-7-4-9-20(15-18)25(30)27-14-6-13-24-28-22-11-2-3-12-23(22)29(24)17-19-8-5-10-21(26)16-19/h2-5,7-12,15-16H,6,13-14,17H2,1H3,(H,27,30). The third-order valence-corrected chi connectivity index (χ3v) is 5.60. The van der Waals surface area contributed by atoms with Gasteiger partial charge in [-0.3, -0.25) is 4.79 Å². The maximum atomic E-state index is 12.4. The Morgan fingerprint density at radius 1 is 1.03 bits per heavy atom. The van der Waals surface area contributed by atoms with Crippen LogP contribution in [0.5, 0.6) is 0 Å². The minimum Gasteiger partial charge on any atom is -0.352 e. The monoisotopic (exact) mass is 461 g/mol. The lowest BCUT2D eigenvalue weighted by molar-refractivity contribution is 0.0953. The molecule has 30 heavy (non-hydrogen) atoms. The molecule has 4 rings (SSSR count). The number of hydrogen-bond acceptors (Lipinski definition) is 2. The Kier molecular flexibility index (Phi) is 6.29. The molecule has 3 aromatic carbocycles. The van der Waals surface area contributed by atoms with E-state index in [4.69, 9.17) is 4.98 Å². The molecule has 0 aliphatic rings. The highest BCUT2D eigenvalue weighted by Crippen LogP contribution is 2.20. The summed E-state index contributed by atoms with van der Waals surface area (Å²) in [7, 11) is 0. The first-order chi connectivity index (χ1) is 14.6. The summed E-state index contributed by atoms with van der Waals surface area (Å²) in [6.07, 6.45) is 1.64. The highest BCUT2D eigenvalue weighted by Gasteiger charge is 2.11. The van der Waals surface area contributed by atoms with Gasteiger partial charge in [0, 0.05) is 29.5 Å².